The molecule has 11 aliphatic carbocycles. The quantitative estimate of drug-likeness (QED) is 0.108. The zero-order valence-electron chi connectivity index (χ0n) is 54.4. The van der Waals surface area contributed by atoms with Crippen LogP contribution in [0.4, 0.5) is 22.7 Å². The van der Waals surface area contributed by atoms with Crippen molar-refractivity contribution < 1.29 is 0 Å². The fraction of sp³-hybridized carbons (Fsp3) is 0.524. The second kappa shape index (κ2) is 20.6. The molecule has 4 aromatic carbocycles. The van der Waals surface area contributed by atoms with Crippen LogP contribution in [-0.4, -0.2) is 23.4 Å². The molecule has 0 spiro atoms. The average molecular weight is 1160 g/mol. The summed E-state index contributed by atoms with van der Waals surface area (Å²) in [7, 11) is 0. The summed E-state index contributed by atoms with van der Waals surface area (Å²) in [4.78, 5) is 6.34. The molecule has 5 saturated carbocycles. The Morgan fingerprint density at radius 2 is 1.34 bits per heavy atom. The molecule has 452 valence electrons. The summed E-state index contributed by atoms with van der Waals surface area (Å²) in [6.07, 6.45) is 54.5. The van der Waals surface area contributed by atoms with Gasteiger partial charge in [0.25, 0.3) is 6.71 Å². The predicted octanol–water partition coefficient (Wildman–Crippen LogP) is 20.2. The summed E-state index contributed by atoms with van der Waals surface area (Å²) in [6, 6.07) is 32.1. The second-order valence-electron chi connectivity index (χ2n) is 33.3. The molecule has 1 aromatic heterocycles. The molecular formula is C84H98BN3. The smallest absolute Gasteiger partial charge is 0.252 e. The first kappa shape index (κ1) is 55.1. The van der Waals surface area contributed by atoms with Crippen molar-refractivity contribution in [2.45, 2.75) is 214 Å². The fourth-order valence-corrected chi connectivity index (χ4v) is 21.7. The molecule has 88 heavy (non-hydrogen) atoms. The Morgan fingerprint density at radius 1 is 0.591 bits per heavy atom. The number of para-hydroxylation sites is 1. The minimum Gasteiger partial charge on any atom is -0.335 e. The van der Waals surface area contributed by atoms with E-state index in [1.54, 1.807) is 38.7 Å². The van der Waals surface area contributed by atoms with Gasteiger partial charge in [0.15, 0.2) is 0 Å². The number of aromatic nitrogens is 1. The van der Waals surface area contributed by atoms with Crippen molar-refractivity contribution in [3.8, 4) is 5.69 Å². The lowest BCUT2D eigenvalue weighted by Crippen LogP contribution is -2.67. The van der Waals surface area contributed by atoms with Crippen LogP contribution in [0.1, 0.15) is 218 Å². The van der Waals surface area contributed by atoms with E-state index in [2.05, 4.69) is 183 Å². The molecule has 5 aromatic rings. The molecule has 5 fully saturated rings. The van der Waals surface area contributed by atoms with Crippen LogP contribution >= 0.6 is 0 Å². The molecular weight excluding hydrogens is 1060 g/mol. The number of hydrogen-bond donors (Lipinski definition) is 0. The zero-order valence-corrected chi connectivity index (χ0v) is 54.4. The summed E-state index contributed by atoms with van der Waals surface area (Å²) < 4.78 is 2.81. The molecule has 4 heteroatoms. The van der Waals surface area contributed by atoms with Crippen LogP contribution in [-0.2, 0) is 6.42 Å². The summed E-state index contributed by atoms with van der Waals surface area (Å²) in [5.74, 6) is 6.05. The Morgan fingerprint density at radius 3 is 2.01 bits per heavy atom. The number of nitrogens with zero attached hydrogens (tertiary/aromatic N) is 3. The number of benzene rings is 4. The van der Waals surface area contributed by atoms with Gasteiger partial charge in [-0.2, -0.15) is 0 Å². The van der Waals surface area contributed by atoms with E-state index in [0.29, 0.717) is 47.0 Å². The molecule has 3 heterocycles. The van der Waals surface area contributed by atoms with Crippen molar-refractivity contribution in [2.75, 3.05) is 9.80 Å². The highest BCUT2D eigenvalue weighted by molar-refractivity contribution is 7.00. The van der Waals surface area contributed by atoms with Crippen LogP contribution in [0.2, 0.25) is 0 Å². The minimum atomic E-state index is 0.0986. The SMILES string of the molecule is CC(C)(C)C1C=C(C2=CCC2)C(N2c3ccc(C4=CC=CCC4)cc3B3c4cc(C5CCCCC5)ccc4N(C4C(C5CC6CCC65)=CC(C(C)(C)C)CC4C45CCC4CC5)c4cc(-n5c6c(c7ccccc75)C=CCC6)cc2c43)C(C2=CCCCC2)C1. The molecule has 0 N–H and O–H groups in total. The van der Waals surface area contributed by atoms with Gasteiger partial charge < -0.3 is 14.4 Å². The Labute approximate surface area is 528 Å². The van der Waals surface area contributed by atoms with E-state index in [1.165, 1.54) is 190 Å². The van der Waals surface area contributed by atoms with E-state index in [0.717, 1.165) is 43.4 Å². The maximum absolute atomic E-state index is 3.23. The van der Waals surface area contributed by atoms with Gasteiger partial charge in [-0.3, -0.25) is 0 Å². The van der Waals surface area contributed by atoms with Crippen LogP contribution in [0.5, 0.6) is 0 Å². The van der Waals surface area contributed by atoms with Crippen LogP contribution < -0.4 is 26.2 Å². The van der Waals surface area contributed by atoms with Gasteiger partial charge in [0, 0.05) is 51.0 Å². The summed E-state index contributed by atoms with van der Waals surface area (Å²) in [5.41, 5.74) is 28.7. The number of hydrogen-bond acceptors (Lipinski definition) is 2. The Balaban J connectivity index is 0.974. The van der Waals surface area contributed by atoms with Crippen LogP contribution in [0.15, 0.2) is 144 Å². The molecule has 18 rings (SSSR count). The molecule has 2 aliphatic heterocycles. The molecule has 3 nitrogen and oxygen atoms in total. The second-order valence-corrected chi connectivity index (χ2v) is 33.3. The minimum absolute atomic E-state index is 0.0986. The van der Waals surface area contributed by atoms with Gasteiger partial charge in [0.1, 0.15) is 0 Å². The first-order valence-corrected chi connectivity index (χ1v) is 36.4. The Bertz CT molecular complexity index is 3910. The van der Waals surface area contributed by atoms with Crippen LogP contribution in [0.3, 0.4) is 0 Å². The highest BCUT2D eigenvalue weighted by Gasteiger charge is 2.64. The lowest BCUT2D eigenvalue weighted by Gasteiger charge is -2.68. The number of anilines is 4. The van der Waals surface area contributed by atoms with Gasteiger partial charge in [-0.25, -0.2) is 0 Å². The normalized spacial score (nSPS) is 32.0. The highest BCUT2D eigenvalue weighted by Crippen LogP contribution is 2.71. The van der Waals surface area contributed by atoms with Crippen molar-refractivity contribution in [1.82, 2.24) is 4.57 Å². The van der Waals surface area contributed by atoms with E-state index in [4.69, 9.17) is 0 Å². The summed E-state index contributed by atoms with van der Waals surface area (Å²) in [5, 5.41) is 1.40. The largest absolute Gasteiger partial charge is 0.335 e. The van der Waals surface area contributed by atoms with Crippen molar-refractivity contribution >= 4 is 68.4 Å². The van der Waals surface area contributed by atoms with Crippen molar-refractivity contribution in [1.29, 1.82) is 0 Å². The van der Waals surface area contributed by atoms with E-state index in [1.807, 2.05) is 5.57 Å². The standard InChI is InChI=1S/C84H98BN3/c1-82(2,3)60-46-66(54-25-14-9-15-26-54)80(67(47-60)55-27-20-28-55)87-75-37-34-56(52-21-10-7-11-22-52)44-71(75)85-72-45-57(53-23-12-8-13-24-53)35-38-76(72)88(78-51-62(50-77(87)79(78)85)86-73-31-18-16-29-64(73)65-30-17-19-32-74(65)86)81-69(68-43-58-33-36-63(58)68)48-61(83(4,5)6)49-70(81)84-41-39-59(84)40-42-84/h7,10,16-18,21,25,27,29-31,34-35,37-38,44-45,47-48,50-51,53,58-61,63,66,68,70,80-81H,8-9,11-15,19-20,22-24,26,28,32-33,36,39-43,46,49H2,1-6H3. The van der Waals surface area contributed by atoms with Crippen molar-refractivity contribution in [2.24, 2.45) is 63.6 Å². The molecule has 9 atom stereocenters. The summed E-state index contributed by atoms with van der Waals surface area (Å²) in [6.45, 7) is 15.5. The third-order valence-electron chi connectivity index (χ3n) is 27.1. The van der Waals surface area contributed by atoms with Crippen LogP contribution in [0, 0.1) is 63.6 Å². The van der Waals surface area contributed by atoms with E-state index in [9.17, 15) is 0 Å². The Hall–Kier alpha value is -5.74. The monoisotopic (exact) mass is 1160 g/mol. The topological polar surface area (TPSA) is 11.4 Å². The van der Waals surface area contributed by atoms with E-state index >= 15 is 0 Å². The van der Waals surface area contributed by atoms with Gasteiger partial charge in [0.05, 0.1) is 17.6 Å². The maximum atomic E-state index is 3.23. The third-order valence-corrected chi connectivity index (χ3v) is 27.1. The third kappa shape index (κ3) is 8.38. The van der Waals surface area contributed by atoms with Gasteiger partial charge >= 0.3 is 0 Å². The number of rotatable bonds is 9. The van der Waals surface area contributed by atoms with Gasteiger partial charge in [-0.1, -0.05) is 164 Å². The van der Waals surface area contributed by atoms with E-state index < -0.39 is 0 Å². The lowest BCUT2D eigenvalue weighted by atomic mass is 9.32. The van der Waals surface area contributed by atoms with Crippen molar-refractivity contribution in [3.63, 3.8) is 0 Å². The molecule has 0 radical (unpaired) electrons. The highest BCUT2D eigenvalue weighted by atomic mass is 15.2. The molecule has 9 unspecified atom stereocenters. The zero-order chi connectivity index (χ0) is 58.9. The molecule has 0 bridgehead atoms. The number of allylic oxidation sites excluding steroid dienone is 9. The molecule has 0 saturated heterocycles. The number of fused-ring (bicyclic) bond motifs is 9. The molecule has 0 amide bonds. The fourth-order valence-electron chi connectivity index (χ4n) is 21.7. The first-order chi connectivity index (χ1) is 42.9. The van der Waals surface area contributed by atoms with Gasteiger partial charge in [0.2, 0.25) is 0 Å². The van der Waals surface area contributed by atoms with Gasteiger partial charge in [-0.05, 0) is 279 Å². The summed E-state index contributed by atoms with van der Waals surface area (Å²) >= 11 is 0. The first-order valence-electron chi connectivity index (χ1n) is 36.4. The molecule has 13 aliphatic rings. The van der Waals surface area contributed by atoms with Gasteiger partial charge in [-0.15, -0.1) is 0 Å². The van der Waals surface area contributed by atoms with Crippen LogP contribution in [0.25, 0.3) is 28.2 Å². The van der Waals surface area contributed by atoms with Crippen molar-refractivity contribution in [3.05, 3.63) is 166 Å². The maximum Gasteiger partial charge on any atom is 0.252 e. The predicted molar refractivity (Wildman–Crippen MR) is 373 cm³/mol. The van der Waals surface area contributed by atoms with E-state index in [-0.39, 0.29) is 23.6 Å². The Kier molecular flexibility index (Phi) is 12.9. The lowest BCUT2D eigenvalue weighted by molar-refractivity contribution is -0.139. The average Bonchev–Trinajstić information content (AvgIpc) is 0.744.